The maximum atomic E-state index is 12.0. The summed E-state index contributed by atoms with van der Waals surface area (Å²) in [6, 6.07) is 20.7. The van der Waals surface area contributed by atoms with E-state index in [0.717, 1.165) is 23.8 Å². The maximum Gasteiger partial charge on any atom is 0.491 e. The summed E-state index contributed by atoms with van der Waals surface area (Å²) >= 11 is 4.23. The van der Waals surface area contributed by atoms with Crippen LogP contribution in [-0.2, 0) is 16.0 Å². The Morgan fingerprint density at radius 1 is 0.972 bits per heavy atom. The Morgan fingerprint density at radius 3 is 2.22 bits per heavy atom. The average molecular weight is 522 g/mol. The van der Waals surface area contributed by atoms with Crippen molar-refractivity contribution in [2.75, 3.05) is 12.3 Å². The third-order valence-electron chi connectivity index (χ3n) is 5.12. The highest BCUT2D eigenvalue weighted by Gasteiger charge is 2.41. The molecular weight excluding hydrogens is 491 g/mol. The summed E-state index contributed by atoms with van der Waals surface area (Å²) in [6.07, 6.45) is -2.72. The van der Waals surface area contributed by atoms with Crippen LogP contribution in [-0.4, -0.2) is 42.4 Å². The molecule has 3 rings (SSSR count). The molecule has 0 radical (unpaired) electrons. The van der Waals surface area contributed by atoms with Gasteiger partial charge in [-0.25, -0.2) is 4.79 Å². The van der Waals surface area contributed by atoms with E-state index < -0.39 is 18.2 Å². The Kier molecular flexibility index (Phi) is 11.7. The fourth-order valence-corrected chi connectivity index (χ4v) is 3.51. The molecule has 1 amide bonds. The van der Waals surface area contributed by atoms with Gasteiger partial charge in [0.1, 0.15) is 5.75 Å². The highest BCUT2D eigenvalue weighted by molar-refractivity contribution is 7.80. The van der Waals surface area contributed by atoms with Crippen LogP contribution in [0.4, 0.5) is 13.2 Å². The quantitative estimate of drug-likeness (QED) is 0.193. The van der Waals surface area contributed by atoms with Crippen LogP contribution in [0.15, 0.2) is 72.8 Å². The molecule has 5 N–H and O–H groups in total. The molecule has 0 heterocycles. The number of thiol groups is 1. The molecule has 0 spiro atoms. The molecule has 0 bridgehead atoms. The minimum atomic E-state index is -4.98. The number of esters is 1. The molecule has 194 valence electrons. The lowest BCUT2D eigenvalue weighted by Gasteiger charge is -2.19. The zero-order valence-corrected chi connectivity index (χ0v) is 20.5. The molecular formula is C26H30F3N3O3S. The first-order valence-electron chi connectivity index (χ1n) is 11.3. The van der Waals surface area contributed by atoms with Crippen molar-refractivity contribution in [2.45, 2.75) is 37.5 Å². The van der Waals surface area contributed by atoms with Gasteiger partial charge in [0, 0.05) is 11.8 Å². The van der Waals surface area contributed by atoms with E-state index in [0.29, 0.717) is 24.1 Å². The van der Waals surface area contributed by atoms with Crippen molar-refractivity contribution >= 4 is 35.3 Å². The van der Waals surface area contributed by atoms with Crippen molar-refractivity contribution in [1.82, 2.24) is 5.32 Å². The monoisotopic (exact) mass is 521 g/mol. The minimum absolute atomic E-state index is 0.0428. The Bertz CT molecular complexity index is 1110. The lowest BCUT2D eigenvalue weighted by molar-refractivity contribution is -0.189. The van der Waals surface area contributed by atoms with E-state index in [-0.39, 0.29) is 17.7 Å². The van der Waals surface area contributed by atoms with Gasteiger partial charge in [-0.05, 0) is 54.3 Å². The highest BCUT2D eigenvalue weighted by Crippen LogP contribution is 2.23. The van der Waals surface area contributed by atoms with Crippen molar-refractivity contribution in [2.24, 2.45) is 11.5 Å². The molecule has 3 aromatic rings. The van der Waals surface area contributed by atoms with Crippen molar-refractivity contribution < 1.29 is 27.5 Å². The number of carbonyl (C=O) groups excluding carboxylic acids is 2. The first kappa shape index (κ1) is 29.2. The number of hydrogen-bond acceptors (Lipinski definition) is 6. The normalized spacial score (nSPS) is 12.7. The fourth-order valence-electron chi connectivity index (χ4n) is 3.24. The minimum Gasteiger partial charge on any atom is -0.420 e. The average Bonchev–Trinajstić information content (AvgIpc) is 2.86. The van der Waals surface area contributed by atoms with Crippen LogP contribution in [0.25, 0.3) is 10.8 Å². The molecule has 0 aliphatic heterocycles. The van der Waals surface area contributed by atoms with Crippen LogP contribution >= 0.6 is 12.6 Å². The number of benzene rings is 3. The Hall–Kier alpha value is -3.08. The summed E-state index contributed by atoms with van der Waals surface area (Å²) in [4.78, 5) is 22.6. The second-order valence-corrected chi connectivity index (χ2v) is 8.38. The van der Waals surface area contributed by atoms with Gasteiger partial charge in [-0.1, -0.05) is 60.7 Å². The molecule has 0 aliphatic carbocycles. The molecule has 0 fully saturated rings. The van der Waals surface area contributed by atoms with Gasteiger partial charge in [-0.3, -0.25) is 4.79 Å². The number of fused-ring (bicyclic) bond motifs is 1. The SMILES string of the molecule is NCCC[C@@H](CS)NC(=O)[C@@H](N)Cc1ccccc1.O=C(Oc1ccc2ccccc2c1)C(F)(F)F. The molecule has 10 heteroatoms. The number of hydrogen-bond donors (Lipinski definition) is 4. The number of nitrogens with one attached hydrogen (secondary N) is 1. The second-order valence-electron chi connectivity index (χ2n) is 8.01. The molecule has 36 heavy (non-hydrogen) atoms. The lowest BCUT2D eigenvalue weighted by Crippen LogP contribution is -2.47. The lowest BCUT2D eigenvalue weighted by atomic mass is 10.1. The van der Waals surface area contributed by atoms with E-state index in [4.69, 9.17) is 11.5 Å². The number of halogens is 3. The molecule has 2 atom stereocenters. The smallest absolute Gasteiger partial charge is 0.420 e. The van der Waals surface area contributed by atoms with Crippen LogP contribution in [0.5, 0.6) is 5.75 Å². The van der Waals surface area contributed by atoms with Gasteiger partial charge in [-0.15, -0.1) is 0 Å². The van der Waals surface area contributed by atoms with Crippen LogP contribution in [0.3, 0.4) is 0 Å². The van der Waals surface area contributed by atoms with Crippen LogP contribution in [0.1, 0.15) is 18.4 Å². The fraction of sp³-hybridized carbons (Fsp3) is 0.308. The van der Waals surface area contributed by atoms with E-state index in [1.165, 1.54) is 12.1 Å². The van der Waals surface area contributed by atoms with Gasteiger partial charge in [0.2, 0.25) is 5.91 Å². The molecule has 0 saturated carbocycles. The number of amides is 1. The standard InChI is InChI=1S/C14H23N3OS.C12H7F3O2/c15-8-4-7-12(10-19)17-14(18)13(16)9-11-5-2-1-3-6-11;13-12(14,15)11(16)17-10-6-5-8-3-1-2-4-9(8)7-10/h1-3,5-6,12-13,19H,4,7-10,15-16H2,(H,17,18);1-7H/t12-,13-;/m0./s1. The van der Waals surface area contributed by atoms with Crippen LogP contribution in [0, 0.1) is 0 Å². The van der Waals surface area contributed by atoms with E-state index in [2.05, 4.69) is 22.7 Å². The van der Waals surface area contributed by atoms with Gasteiger partial charge in [0.05, 0.1) is 6.04 Å². The van der Waals surface area contributed by atoms with E-state index in [1.807, 2.05) is 42.5 Å². The first-order chi connectivity index (χ1) is 17.1. The summed E-state index contributed by atoms with van der Waals surface area (Å²) in [7, 11) is 0. The summed E-state index contributed by atoms with van der Waals surface area (Å²) in [5.41, 5.74) is 12.4. The molecule has 0 saturated heterocycles. The van der Waals surface area contributed by atoms with Gasteiger partial charge in [0.25, 0.3) is 0 Å². The van der Waals surface area contributed by atoms with E-state index in [1.54, 1.807) is 18.2 Å². The summed E-state index contributed by atoms with van der Waals surface area (Å²) in [5.74, 6) is -1.86. The third kappa shape index (κ3) is 9.88. The van der Waals surface area contributed by atoms with E-state index >= 15 is 0 Å². The third-order valence-corrected chi connectivity index (χ3v) is 5.56. The second kappa shape index (κ2) is 14.5. The number of rotatable bonds is 9. The van der Waals surface area contributed by atoms with Crippen molar-refractivity contribution in [3.8, 4) is 5.75 Å². The zero-order valence-electron chi connectivity index (χ0n) is 19.6. The number of alkyl halides is 3. The van der Waals surface area contributed by atoms with Gasteiger partial charge >= 0.3 is 12.1 Å². The molecule has 0 aliphatic rings. The van der Waals surface area contributed by atoms with Gasteiger partial charge in [-0.2, -0.15) is 25.8 Å². The topological polar surface area (TPSA) is 107 Å². The summed E-state index contributed by atoms with van der Waals surface area (Å²) in [6.45, 7) is 0.621. The largest absolute Gasteiger partial charge is 0.491 e. The van der Waals surface area contributed by atoms with Gasteiger partial charge in [0.15, 0.2) is 0 Å². The summed E-state index contributed by atoms with van der Waals surface area (Å²) in [5, 5.41) is 4.49. The Balaban J connectivity index is 0.000000255. The zero-order chi connectivity index (χ0) is 26.6. The molecule has 3 aromatic carbocycles. The van der Waals surface area contributed by atoms with Crippen molar-refractivity contribution in [3.63, 3.8) is 0 Å². The predicted molar refractivity (Wildman–Crippen MR) is 138 cm³/mol. The maximum absolute atomic E-state index is 12.0. The first-order valence-corrected chi connectivity index (χ1v) is 12.0. The van der Waals surface area contributed by atoms with Gasteiger partial charge < -0.3 is 21.5 Å². The molecule has 6 nitrogen and oxygen atoms in total. The summed E-state index contributed by atoms with van der Waals surface area (Å²) < 4.78 is 40.1. The van der Waals surface area contributed by atoms with Crippen LogP contribution < -0.4 is 21.5 Å². The Morgan fingerprint density at radius 2 is 1.61 bits per heavy atom. The Labute approximate surface area is 213 Å². The van der Waals surface area contributed by atoms with Crippen molar-refractivity contribution in [1.29, 1.82) is 0 Å². The number of nitrogens with two attached hydrogens (primary N) is 2. The number of ether oxygens (including phenoxy) is 1. The van der Waals surface area contributed by atoms with E-state index in [9.17, 15) is 22.8 Å². The molecule has 0 aromatic heterocycles. The predicted octanol–water partition coefficient (Wildman–Crippen LogP) is 4.02. The molecule has 0 unspecified atom stereocenters. The van der Waals surface area contributed by atoms with Crippen molar-refractivity contribution in [3.05, 3.63) is 78.4 Å². The number of carbonyl (C=O) groups is 2. The highest BCUT2D eigenvalue weighted by atomic mass is 32.1. The van der Waals surface area contributed by atoms with Crippen LogP contribution in [0.2, 0.25) is 0 Å².